The van der Waals surface area contributed by atoms with Crippen molar-refractivity contribution in [3.05, 3.63) is 28.2 Å². The van der Waals surface area contributed by atoms with Crippen molar-refractivity contribution in [2.24, 2.45) is 0 Å². The Labute approximate surface area is 124 Å². The van der Waals surface area contributed by atoms with E-state index in [1.165, 1.54) is 6.07 Å². The van der Waals surface area contributed by atoms with Gasteiger partial charge in [0.25, 0.3) is 0 Å². The van der Waals surface area contributed by atoms with E-state index >= 15 is 0 Å². The van der Waals surface area contributed by atoms with Crippen molar-refractivity contribution in [1.29, 1.82) is 0 Å². The quantitative estimate of drug-likeness (QED) is 0.835. The standard InChI is InChI=1S/C14H17BrF3NO/c15-11-8-10(14(16,17)18)4-5-12(11)19-13(9-20)6-2-1-3-7-13/h4-5,8,19-20H,1-3,6-7,9H2. The van der Waals surface area contributed by atoms with Gasteiger partial charge in [-0.1, -0.05) is 19.3 Å². The highest BCUT2D eigenvalue weighted by Gasteiger charge is 2.33. The van der Waals surface area contributed by atoms with Crippen LogP contribution in [0.15, 0.2) is 22.7 Å². The van der Waals surface area contributed by atoms with Crippen LogP contribution in [0.1, 0.15) is 37.7 Å². The van der Waals surface area contributed by atoms with Gasteiger partial charge in [-0.15, -0.1) is 0 Å². The van der Waals surface area contributed by atoms with Crippen LogP contribution in [-0.4, -0.2) is 17.3 Å². The minimum Gasteiger partial charge on any atom is -0.394 e. The molecule has 0 spiro atoms. The van der Waals surface area contributed by atoms with E-state index < -0.39 is 17.3 Å². The molecule has 20 heavy (non-hydrogen) atoms. The molecule has 0 unspecified atom stereocenters. The van der Waals surface area contributed by atoms with Crippen molar-refractivity contribution < 1.29 is 18.3 Å². The summed E-state index contributed by atoms with van der Waals surface area (Å²) < 4.78 is 38.2. The highest BCUT2D eigenvalue weighted by atomic mass is 79.9. The summed E-state index contributed by atoms with van der Waals surface area (Å²) in [6.07, 6.45) is 0.490. The maximum Gasteiger partial charge on any atom is 0.416 e. The molecule has 2 N–H and O–H groups in total. The minimum absolute atomic E-state index is 0.0134. The minimum atomic E-state index is -4.35. The first-order chi connectivity index (χ1) is 9.36. The normalized spacial score (nSPS) is 18.9. The lowest BCUT2D eigenvalue weighted by atomic mass is 9.82. The molecule has 1 saturated carbocycles. The molecule has 1 aromatic carbocycles. The van der Waals surface area contributed by atoms with Gasteiger partial charge < -0.3 is 10.4 Å². The second kappa shape index (κ2) is 5.93. The fraction of sp³-hybridized carbons (Fsp3) is 0.571. The van der Waals surface area contributed by atoms with Gasteiger partial charge in [-0.25, -0.2) is 0 Å². The third-order valence-electron chi connectivity index (χ3n) is 3.81. The molecule has 0 atom stereocenters. The molecule has 0 aromatic heterocycles. The number of benzene rings is 1. The molecule has 2 nitrogen and oxygen atoms in total. The number of nitrogens with one attached hydrogen (secondary N) is 1. The van der Waals surface area contributed by atoms with E-state index in [0.29, 0.717) is 10.2 Å². The van der Waals surface area contributed by atoms with E-state index in [9.17, 15) is 18.3 Å². The van der Waals surface area contributed by atoms with Gasteiger partial charge in [0.05, 0.1) is 17.7 Å². The van der Waals surface area contributed by atoms with Crippen LogP contribution in [0.4, 0.5) is 18.9 Å². The van der Waals surface area contributed by atoms with Crippen LogP contribution in [-0.2, 0) is 6.18 Å². The molecule has 1 fully saturated rings. The summed E-state index contributed by atoms with van der Waals surface area (Å²) in [5.41, 5.74) is -0.508. The predicted molar refractivity (Wildman–Crippen MR) is 75.7 cm³/mol. The molecule has 0 radical (unpaired) electrons. The van der Waals surface area contributed by atoms with Crippen molar-refractivity contribution in [3.8, 4) is 0 Å². The maximum atomic E-state index is 12.6. The number of halogens is 4. The third kappa shape index (κ3) is 3.47. The molecular formula is C14H17BrF3NO. The smallest absolute Gasteiger partial charge is 0.394 e. The molecule has 0 amide bonds. The molecule has 112 valence electrons. The Morgan fingerprint density at radius 2 is 1.85 bits per heavy atom. The Hall–Kier alpha value is -0.750. The maximum absolute atomic E-state index is 12.6. The molecule has 0 bridgehead atoms. The Kier molecular flexibility index (Phi) is 4.64. The first-order valence-corrected chi connectivity index (χ1v) is 7.41. The van der Waals surface area contributed by atoms with Crippen molar-refractivity contribution in [2.45, 2.75) is 43.8 Å². The summed E-state index contributed by atoms with van der Waals surface area (Å²) in [6.45, 7) is -0.0134. The van der Waals surface area contributed by atoms with E-state index in [0.717, 1.165) is 44.2 Å². The number of aliphatic hydroxyl groups is 1. The second-order valence-electron chi connectivity index (χ2n) is 5.32. The molecular weight excluding hydrogens is 335 g/mol. The van der Waals surface area contributed by atoms with Gasteiger partial charge in [0.1, 0.15) is 0 Å². The van der Waals surface area contributed by atoms with Gasteiger partial charge in [-0.2, -0.15) is 13.2 Å². The monoisotopic (exact) mass is 351 g/mol. The number of hydrogen-bond donors (Lipinski definition) is 2. The lowest BCUT2D eigenvalue weighted by Gasteiger charge is -2.37. The zero-order chi connectivity index (χ0) is 14.8. The Morgan fingerprint density at radius 3 is 2.35 bits per heavy atom. The summed E-state index contributed by atoms with van der Waals surface area (Å²) in [6, 6.07) is 3.54. The van der Waals surface area contributed by atoms with Crippen LogP contribution in [0, 0.1) is 0 Å². The van der Waals surface area contributed by atoms with Crippen LogP contribution in [0.2, 0.25) is 0 Å². The summed E-state index contributed by atoms with van der Waals surface area (Å²) in [4.78, 5) is 0. The van der Waals surface area contributed by atoms with Gasteiger partial charge in [0, 0.05) is 10.2 Å². The highest BCUT2D eigenvalue weighted by Crippen LogP contribution is 2.37. The van der Waals surface area contributed by atoms with Crippen LogP contribution >= 0.6 is 15.9 Å². The molecule has 0 aliphatic heterocycles. The van der Waals surface area contributed by atoms with Crippen molar-refractivity contribution in [3.63, 3.8) is 0 Å². The Bertz CT molecular complexity index is 470. The van der Waals surface area contributed by atoms with Gasteiger partial charge in [0.15, 0.2) is 0 Å². The molecule has 0 heterocycles. The Balaban J connectivity index is 2.21. The average molecular weight is 352 g/mol. The summed E-state index contributed by atoms with van der Waals surface area (Å²) >= 11 is 3.18. The molecule has 1 aliphatic carbocycles. The highest BCUT2D eigenvalue weighted by molar-refractivity contribution is 9.10. The molecule has 1 aliphatic rings. The first-order valence-electron chi connectivity index (χ1n) is 6.62. The summed E-state index contributed by atoms with van der Waals surface area (Å²) in [5.74, 6) is 0. The van der Waals surface area contributed by atoms with E-state index in [1.54, 1.807) is 0 Å². The molecule has 2 rings (SSSR count). The van der Waals surface area contributed by atoms with Gasteiger partial charge in [0.2, 0.25) is 0 Å². The van der Waals surface area contributed by atoms with E-state index in [2.05, 4.69) is 21.2 Å². The van der Waals surface area contributed by atoms with Gasteiger partial charge in [-0.3, -0.25) is 0 Å². The largest absolute Gasteiger partial charge is 0.416 e. The SMILES string of the molecule is OCC1(Nc2ccc(C(F)(F)F)cc2Br)CCCCC1. The van der Waals surface area contributed by atoms with E-state index in [-0.39, 0.29) is 6.61 Å². The summed E-state index contributed by atoms with van der Waals surface area (Å²) in [7, 11) is 0. The zero-order valence-electron chi connectivity index (χ0n) is 10.9. The van der Waals surface area contributed by atoms with E-state index in [4.69, 9.17) is 0 Å². The number of aliphatic hydroxyl groups excluding tert-OH is 1. The lowest BCUT2D eigenvalue weighted by molar-refractivity contribution is -0.137. The van der Waals surface area contributed by atoms with Crippen molar-refractivity contribution >= 4 is 21.6 Å². The zero-order valence-corrected chi connectivity index (χ0v) is 12.5. The number of rotatable bonds is 3. The fourth-order valence-corrected chi connectivity index (χ4v) is 3.11. The number of alkyl halides is 3. The van der Waals surface area contributed by atoms with Crippen molar-refractivity contribution in [1.82, 2.24) is 0 Å². The van der Waals surface area contributed by atoms with Crippen LogP contribution < -0.4 is 5.32 Å². The fourth-order valence-electron chi connectivity index (χ4n) is 2.63. The third-order valence-corrected chi connectivity index (χ3v) is 4.47. The first kappa shape index (κ1) is 15.6. The number of hydrogen-bond acceptors (Lipinski definition) is 2. The Morgan fingerprint density at radius 1 is 1.20 bits per heavy atom. The van der Waals surface area contributed by atoms with Crippen molar-refractivity contribution in [2.75, 3.05) is 11.9 Å². The van der Waals surface area contributed by atoms with Gasteiger partial charge in [-0.05, 0) is 47.0 Å². The van der Waals surface area contributed by atoms with Crippen LogP contribution in [0.25, 0.3) is 0 Å². The van der Waals surface area contributed by atoms with Crippen LogP contribution in [0.5, 0.6) is 0 Å². The molecule has 1 aromatic rings. The topological polar surface area (TPSA) is 32.3 Å². The molecule has 6 heteroatoms. The lowest BCUT2D eigenvalue weighted by Crippen LogP contribution is -2.43. The molecule has 0 saturated heterocycles. The van der Waals surface area contributed by atoms with E-state index in [1.807, 2.05) is 0 Å². The second-order valence-corrected chi connectivity index (χ2v) is 6.17. The number of anilines is 1. The summed E-state index contributed by atoms with van der Waals surface area (Å²) in [5, 5.41) is 12.8. The van der Waals surface area contributed by atoms with Gasteiger partial charge >= 0.3 is 6.18 Å². The average Bonchev–Trinajstić information content (AvgIpc) is 2.41. The van der Waals surface area contributed by atoms with Crippen LogP contribution in [0.3, 0.4) is 0 Å². The predicted octanol–water partition coefficient (Wildman–Crippen LogP) is 4.58.